The predicted octanol–water partition coefficient (Wildman–Crippen LogP) is 3.56. The maximum Gasteiger partial charge on any atom is 0.224 e. The monoisotopic (exact) mass is 458 g/mol. The second kappa shape index (κ2) is 11.0. The molecule has 0 saturated heterocycles. The van der Waals surface area contributed by atoms with Crippen molar-refractivity contribution in [3.05, 3.63) is 75.7 Å². The molecule has 1 aromatic heterocycles. The van der Waals surface area contributed by atoms with Crippen LogP contribution in [0.4, 0.5) is 5.69 Å². The van der Waals surface area contributed by atoms with E-state index in [4.69, 9.17) is 4.74 Å². The lowest BCUT2D eigenvalue weighted by molar-refractivity contribution is -0.121. The minimum Gasteiger partial charge on any atom is -0.755 e. The number of amides is 1. The highest BCUT2D eigenvalue weighted by Gasteiger charge is 2.19. The molecule has 0 aliphatic heterocycles. The number of nitrogens with zero attached hydrogens (tertiary/aromatic N) is 1. The lowest BCUT2D eigenvalue weighted by Gasteiger charge is -2.18. The minimum atomic E-state index is -2.37. The highest BCUT2D eigenvalue weighted by Crippen LogP contribution is 2.24. The molecular formula is C22H24N3O4S2-. The molecule has 31 heavy (non-hydrogen) atoms. The van der Waals surface area contributed by atoms with Gasteiger partial charge in [-0.1, -0.05) is 31.2 Å². The number of methoxy groups -OCH3 is 1. The molecule has 0 radical (unpaired) electrons. The van der Waals surface area contributed by atoms with Crippen LogP contribution in [0.1, 0.15) is 34.8 Å². The van der Waals surface area contributed by atoms with Gasteiger partial charge in [0.15, 0.2) is 0 Å². The number of ether oxygens (including phenoxy) is 1. The summed E-state index contributed by atoms with van der Waals surface area (Å²) in [7, 11) is 1.60. The summed E-state index contributed by atoms with van der Waals surface area (Å²) >= 11 is -0.838. The molecule has 1 heterocycles. The Kier molecular flexibility index (Phi) is 8.16. The fraction of sp³-hybridized carbons (Fsp3) is 0.273. The molecule has 0 saturated carbocycles. The summed E-state index contributed by atoms with van der Waals surface area (Å²) < 4.78 is 29.1. The second-order valence-corrected chi connectivity index (χ2v) is 8.48. The van der Waals surface area contributed by atoms with E-state index in [1.165, 1.54) is 11.3 Å². The van der Waals surface area contributed by atoms with Crippen LogP contribution in [0.25, 0.3) is 0 Å². The summed E-state index contributed by atoms with van der Waals surface area (Å²) in [6.45, 7) is 2.04. The van der Waals surface area contributed by atoms with E-state index in [2.05, 4.69) is 15.0 Å². The number of aryl methyl sites for hydroxylation is 1. The van der Waals surface area contributed by atoms with Crippen LogP contribution in [0.2, 0.25) is 0 Å². The zero-order chi connectivity index (χ0) is 22.2. The average molecular weight is 459 g/mol. The van der Waals surface area contributed by atoms with Crippen molar-refractivity contribution in [2.24, 2.45) is 0 Å². The molecule has 2 atom stereocenters. The standard InChI is InChI=1S/C22H25N3O4S2/c1-3-17-14-30-22(23-17)20(12-15-7-9-18(10-8-15)25-31(27)28)24-21(26)13-16-5-4-6-19(11-16)29-2/h4-11,14,20,25H,3,12-13H2,1-2H3,(H,24,26)(H,27,28)/p-1/t20-/m0/s1. The van der Waals surface area contributed by atoms with Crippen LogP contribution in [-0.2, 0) is 35.3 Å². The Morgan fingerprint density at radius 1 is 1.23 bits per heavy atom. The number of hydrogen-bond donors (Lipinski definition) is 2. The van der Waals surface area contributed by atoms with Crippen molar-refractivity contribution in [3.8, 4) is 5.75 Å². The Morgan fingerprint density at radius 2 is 2.00 bits per heavy atom. The first-order valence-electron chi connectivity index (χ1n) is 9.78. The second-order valence-electron chi connectivity index (χ2n) is 6.92. The first-order valence-corrected chi connectivity index (χ1v) is 11.7. The molecule has 9 heteroatoms. The molecule has 2 N–H and O–H groups in total. The molecular weight excluding hydrogens is 434 g/mol. The van der Waals surface area contributed by atoms with E-state index in [-0.39, 0.29) is 18.4 Å². The molecule has 0 aliphatic carbocycles. The van der Waals surface area contributed by atoms with E-state index in [1.807, 2.05) is 48.7 Å². The number of benzene rings is 2. The molecule has 0 spiro atoms. The Labute approximate surface area is 188 Å². The van der Waals surface area contributed by atoms with Crippen LogP contribution in [-0.4, -0.2) is 26.8 Å². The Hall–Kier alpha value is -2.75. The Bertz CT molecular complexity index is 1040. The highest BCUT2D eigenvalue weighted by atomic mass is 32.2. The molecule has 3 aromatic rings. The molecule has 0 aliphatic rings. The number of anilines is 1. The van der Waals surface area contributed by atoms with Gasteiger partial charge in [-0.15, -0.1) is 11.3 Å². The number of hydrogen-bond acceptors (Lipinski definition) is 6. The van der Waals surface area contributed by atoms with Gasteiger partial charge in [-0.05, 0) is 48.2 Å². The third-order valence-corrected chi connectivity index (χ3v) is 6.07. The molecule has 0 fully saturated rings. The summed E-state index contributed by atoms with van der Waals surface area (Å²) in [6.07, 6.45) is 1.60. The van der Waals surface area contributed by atoms with E-state index < -0.39 is 11.3 Å². The molecule has 2 aromatic carbocycles. The Morgan fingerprint density at radius 3 is 2.65 bits per heavy atom. The van der Waals surface area contributed by atoms with Crippen molar-refractivity contribution >= 4 is 34.2 Å². The number of carbonyl (C=O) groups excluding carboxylic acids is 1. The molecule has 1 amide bonds. The first-order chi connectivity index (χ1) is 15.0. The smallest absolute Gasteiger partial charge is 0.224 e. The summed E-state index contributed by atoms with van der Waals surface area (Å²) in [5.74, 6) is 0.605. The van der Waals surface area contributed by atoms with Gasteiger partial charge >= 0.3 is 0 Å². The van der Waals surface area contributed by atoms with Crippen molar-refractivity contribution in [2.45, 2.75) is 32.2 Å². The van der Waals surface area contributed by atoms with Crippen molar-refractivity contribution in [1.29, 1.82) is 0 Å². The van der Waals surface area contributed by atoms with E-state index in [1.54, 1.807) is 19.2 Å². The SMILES string of the molecule is CCc1csc([C@H](Cc2ccc(NS(=O)[O-])cc2)NC(=O)Cc2cccc(OC)c2)n1. The van der Waals surface area contributed by atoms with Crippen LogP contribution < -0.4 is 14.8 Å². The number of aromatic nitrogens is 1. The molecule has 7 nitrogen and oxygen atoms in total. The normalized spacial score (nSPS) is 12.7. The van der Waals surface area contributed by atoms with Crippen LogP contribution in [0.5, 0.6) is 5.75 Å². The zero-order valence-corrected chi connectivity index (χ0v) is 18.9. The van der Waals surface area contributed by atoms with Gasteiger partial charge in [0.05, 0.1) is 25.3 Å². The van der Waals surface area contributed by atoms with Gasteiger partial charge < -0.3 is 19.3 Å². The number of carbonyl (C=O) groups is 1. The summed E-state index contributed by atoms with van der Waals surface area (Å²) in [5.41, 5.74) is 3.30. The fourth-order valence-corrected chi connectivity index (χ4v) is 4.38. The Balaban J connectivity index is 1.74. The van der Waals surface area contributed by atoms with Gasteiger partial charge in [0.25, 0.3) is 0 Å². The molecule has 164 valence electrons. The maximum absolute atomic E-state index is 12.8. The van der Waals surface area contributed by atoms with Gasteiger partial charge in [0.1, 0.15) is 10.8 Å². The number of thiazole rings is 1. The van der Waals surface area contributed by atoms with Gasteiger partial charge in [-0.2, -0.15) is 0 Å². The van der Waals surface area contributed by atoms with Gasteiger partial charge in [-0.25, -0.2) is 4.98 Å². The third kappa shape index (κ3) is 6.88. The molecule has 1 unspecified atom stereocenters. The average Bonchev–Trinajstić information content (AvgIpc) is 3.23. The van der Waals surface area contributed by atoms with Crippen LogP contribution in [0, 0.1) is 0 Å². The number of nitrogens with one attached hydrogen (secondary N) is 2. The van der Waals surface area contributed by atoms with Crippen molar-refractivity contribution < 1.29 is 18.3 Å². The number of rotatable bonds is 10. The minimum absolute atomic E-state index is 0.105. The van der Waals surface area contributed by atoms with Gasteiger partial charge in [0, 0.05) is 22.3 Å². The summed E-state index contributed by atoms with van der Waals surface area (Å²) in [5, 5.41) is 5.96. The maximum atomic E-state index is 12.8. The molecule has 0 bridgehead atoms. The predicted molar refractivity (Wildman–Crippen MR) is 122 cm³/mol. The lowest BCUT2D eigenvalue weighted by Crippen LogP contribution is -2.31. The fourth-order valence-electron chi connectivity index (χ4n) is 3.10. The van der Waals surface area contributed by atoms with E-state index >= 15 is 0 Å². The highest BCUT2D eigenvalue weighted by molar-refractivity contribution is 7.80. The third-order valence-electron chi connectivity index (χ3n) is 4.66. The van der Waals surface area contributed by atoms with Gasteiger partial charge in [-0.3, -0.25) is 9.00 Å². The van der Waals surface area contributed by atoms with Crippen LogP contribution in [0.15, 0.2) is 53.9 Å². The topological polar surface area (TPSA) is 103 Å². The van der Waals surface area contributed by atoms with Gasteiger partial charge in [0.2, 0.25) is 5.91 Å². The van der Waals surface area contributed by atoms with Crippen molar-refractivity contribution in [1.82, 2.24) is 10.3 Å². The van der Waals surface area contributed by atoms with E-state index in [0.717, 1.165) is 28.2 Å². The quantitative estimate of drug-likeness (QED) is 0.452. The van der Waals surface area contributed by atoms with Crippen molar-refractivity contribution in [3.63, 3.8) is 0 Å². The van der Waals surface area contributed by atoms with E-state index in [0.29, 0.717) is 17.9 Å². The zero-order valence-electron chi connectivity index (χ0n) is 17.3. The lowest BCUT2D eigenvalue weighted by atomic mass is 10.0. The largest absolute Gasteiger partial charge is 0.755 e. The molecule has 3 rings (SSSR count). The van der Waals surface area contributed by atoms with Crippen molar-refractivity contribution in [2.75, 3.05) is 11.8 Å². The summed E-state index contributed by atoms with van der Waals surface area (Å²) in [6, 6.07) is 14.2. The van der Waals surface area contributed by atoms with Crippen LogP contribution in [0.3, 0.4) is 0 Å². The summed E-state index contributed by atoms with van der Waals surface area (Å²) in [4.78, 5) is 17.4. The van der Waals surface area contributed by atoms with E-state index in [9.17, 15) is 13.6 Å². The van der Waals surface area contributed by atoms with Crippen LogP contribution >= 0.6 is 11.3 Å². The first kappa shape index (κ1) is 22.9.